The number of anilines is 1. The summed E-state index contributed by atoms with van der Waals surface area (Å²) in [7, 11) is 1.17. The van der Waals surface area contributed by atoms with Gasteiger partial charge in [0, 0.05) is 19.3 Å². The molecule has 1 atom stereocenters. The van der Waals surface area contributed by atoms with Crippen LogP contribution >= 0.6 is 23.2 Å². The van der Waals surface area contributed by atoms with Gasteiger partial charge >= 0.3 is 17.7 Å². The summed E-state index contributed by atoms with van der Waals surface area (Å²) in [5.41, 5.74) is -0.552. The van der Waals surface area contributed by atoms with Gasteiger partial charge in [-0.05, 0) is 36.6 Å². The van der Waals surface area contributed by atoms with E-state index in [0.717, 1.165) is 10.1 Å². The molecule has 1 saturated heterocycles. The minimum absolute atomic E-state index is 0.0313. The number of amides is 3. The highest BCUT2D eigenvalue weighted by Crippen LogP contribution is 2.34. The first-order valence-corrected chi connectivity index (χ1v) is 13.4. The molecule has 13 heteroatoms. The van der Waals surface area contributed by atoms with Gasteiger partial charge in [-0.3, -0.25) is 9.36 Å². The number of esters is 1. The third-order valence-electron chi connectivity index (χ3n) is 6.91. The molecule has 2 heterocycles. The number of nitrogens with one attached hydrogen (secondary N) is 2. The summed E-state index contributed by atoms with van der Waals surface area (Å²) in [6.45, 7) is 0.329. The molecule has 212 valence electrons. The SMILES string of the molecule is COC(=O)[C@H](Cn1ccc(NC(=O)c2c(Cl)cccc2Cl)nc1=O)NC(=O)N1CCC(C#N)(c2ccccc2)CC1. The van der Waals surface area contributed by atoms with Gasteiger partial charge in [-0.15, -0.1) is 0 Å². The summed E-state index contributed by atoms with van der Waals surface area (Å²) in [6.07, 6.45) is 2.18. The molecule has 0 saturated carbocycles. The van der Waals surface area contributed by atoms with Gasteiger partial charge in [-0.25, -0.2) is 14.4 Å². The Bertz CT molecular complexity index is 1530. The number of likely N-dealkylation sites (tertiary alicyclic amines) is 1. The number of carbonyl (C=O) groups excluding carboxylic acids is 3. The Hall–Kier alpha value is -4.40. The van der Waals surface area contributed by atoms with Crippen LogP contribution in [0.5, 0.6) is 0 Å². The third-order valence-corrected chi connectivity index (χ3v) is 7.54. The summed E-state index contributed by atoms with van der Waals surface area (Å²) in [5.74, 6) is -1.47. The molecule has 0 radical (unpaired) electrons. The smallest absolute Gasteiger partial charge is 0.349 e. The van der Waals surface area contributed by atoms with E-state index >= 15 is 0 Å². The number of benzene rings is 2. The van der Waals surface area contributed by atoms with Crippen molar-refractivity contribution in [2.45, 2.75) is 30.8 Å². The van der Waals surface area contributed by atoms with Gasteiger partial charge in [0.1, 0.15) is 11.9 Å². The van der Waals surface area contributed by atoms with Crippen LogP contribution < -0.4 is 16.3 Å². The average Bonchev–Trinajstić information content (AvgIpc) is 2.98. The highest BCUT2D eigenvalue weighted by Gasteiger charge is 2.38. The van der Waals surface area contributed by atoms with Crippen LogP contribution in [0.25, 0.3) is 0 Å². The number of hydrogen-bond acceptors (Lipinski definition) is 7. The van der Waals surface area contributed by atoms with E-state index in [1.54, 1.807) is 6.07 Å². The molecule has 2 N–H and O–H groups in total. The first-order chi connectivity index (χ1) is 19.7. The van der Waals surface area contributed by atoms with Gasteiger partial charge in [0.05, 0.1) is 40.7 Å². The number of rotatable bonds is 7. The molecule has 3 amide bonds. The third kappa shape index (κ3) is 6.67. The van der Waals surface area contributed by atoms with E-state index in [2.05, 4.69) is 21.7 Å². The second kappa shape index (κ2) is 12.8. The van der Waals surface area contributed by atoms with Crippen LogP contribution in [-0.4, -0.2) is 58.6 Å². The second-order valence-electron chi connectivity index (χ2n) is 9.37. The maximum Gasteiger partial charge on any atom is 0.349 e. The Balaban J connectivity index is 1.42. The molecule has 1 aliphatic rings. The minimum atomic E-state index is -1.20. The number of nitriles is 1. The number of carbonyl (C=O) groups is 3. The fraction of sp³-hybridized carbons (Fsp3) is 0.286. The molecule has 11 nitrogen and oxygen atoms in total. The highest BCUT2D eigenvalue weighted by atomic mass is 35.5. The van der Waals surface area contributed by atoms with Crippen LogP contribution in [0.15, 0.2) is 65.6 Å². The predicted molar refractivity (Wildman–Crippen MR) is 152 cm³/mol. The molecule has 1 aliphatic heterocycles. The van der Waals surface area contributed by atoms with E-state index in [4.69, 9.17) is 27.9 Å². The van der Waals surface area contributed by atoms with E-state index in [0.29, 0.717) is 25.9 Å². The van der Waals surface area contributed by atoms with E-state index in [1.807, 2.05) is 30.3 Å². The zero-order valence-corrected chi connectivity index (χ0v) is 23.5. The Kier molecular flexibility index (Phi) is 9.27. The molecule has 4 rings (SSSR count). The molecule has 41 heavy (non-hydrogen) atoms. The molecule has 3 aromatic rings. The summed E-state index contributed by atoms with van der Waals surface area (Å²) in [5, 5.41) is 15.3. The zero-order chi connectivity index (χ0) is 29.6. The summed E-state index contributed by atoms with van der Waals surface area (Å²) in [4.78, 5) is 56.2. The van der Waals surface area contributed by atoms with Crippen LogP contribution in [-0.2, 0) is 21.5 Å². The summed E-state index contributed by atoms with van der Waals surface area (Å²) >= 11 is 12.1. The van der Waals surface area contributed by atoms with Crippen molar-refractivity contribution in [2.24, 2.45) is 0 Å². The van der Waals surface area contributed by atoms with E-state index < -0.39 is 35.1 Å². The van der Waals surface area contributed by atoms with Crippen molar-refractivity contribution in [1.82, 2.24) is 19.8 Å². The number of halogens is 2. The predicted octanol–water partition coefficient (Wildman–Crippen LogP) is 3.61. The van der Waals surface area contributed by atoms with Crippen LogP contribution in [0.2, 0.25) is 10.0 Å². The highest BCUT2D eigenvalue weighted by molar-refractivity contribution is 6.40. The van der Waals surface area contributed by atoms with E-state index in [-0.39, 0.29) is 28.0 Å². The van der Waals surface area contributed by atoms with Crippen LogP contribution in [0.4, 0.5) is 10.6 Å². The Morgan fingerprint density at radius 1 is 1.07 bits per heavy atom. The van der Waals surface area contributed by atoms with E-state index in [9.17, 15) is 24.4 Å². The van der Waals surface area contributed by atoms with Gasteiger partial charge in [0.2, 0.25) is 0 Å². The molecular weight excluding hydrogens is 571 g/mol. The standard InChI is InChI=1S/C28H26Cl2N6O5/c1-41-25(38)21(32-26(39)35-14-11-28(17-31,12-15-35)18-6-3-2-4-7-18)16-36-13-10-22(34-27(36)40)33-24(37)23-19(29)8-5-9-20(23)30/h2-10,13,21H,11-12,14-16H2,1H3,(H,32,39)(H,33,34,37,40)/t21-/m0/s1. The van der Waals surface area contributed by atoms with Crippen LogP contribution in [0.1, 0.15) is 28.8 Å². The Labute approximate surface area is 245 Å². The van der Waals surface area contributed by atoms with Gasteiger partial charge < -0.3 is 20.3 Å². The molecule has 1 fully saturated rings. The molecule has 1 aromatic heterocycles. The monoisotopic (exact) mass is 596 g/mol. The quantitative estimate of drug-likeness (QED) is 0.396. The second-order valence-corrected chi connectivity index (χ2v) is 10.2. The zero-order valence-electron chi connectivity index (χ0n) is 22.0. The fourth-order valence-electron chi connectivity index (χ4n) is 4.60. The largest absolute Gasteiger partial charge is 0.467 e. The Morgan fingerprint density at radius 2 is 1.73 bits per heavy atom. The van der Waals surface area contributed by atoms with Crippen LogP contribution in [0.3, 0.4) is 0 Å². The maximum absolute atomic E-state index is 13.1. The summed E-state index contributed by atoms with van der Waals surface area (Å²) in [6, 6.07) is 16.1. The Morgan fingerprint density at radius 3 is 2.32 bits per heavy atom. The normalized spacial score (nSPS) is 14.8. The lowest BCUT2D eigenvalue weighted by atomic mass is 9.74. The average molecular weight is 597 g/mol. The number of aromatic nitrogens is 2. The van der Waals surface area contributed by atoms with Crippen molar-refractivity contribution in [3.05, 3.63) is 92.5 Å². The number of piperidine rings is 1. The molecule has 2 aromatic carbocycles. The van der Waals surface area contributed by atoms with Gasteiger partial charge in [0.15, 0.2) is 0 Å². The minimum Gasteiger partial charge on any atom is -0.467 e. The van der Waals surface area contributed by atoms with Crippen molar-refractivity contribution in [3.63, 3.8) is 0 Å². The number of hydrogen-bond donors (Lipinski definition) is 2. The first kappa shape index (κ1) is 29.6. The molecule has 0 aliphatic carbocycles. The van der Waals surface area contributed by atoms with Crippen molar-refractivity contribution in [3.8, 4) is 6.07 Å². The van der Waals surface area contributed by atoms with Gasteiger partial charge in [0.25, 0.3) is 5.91 Å². The number of urea groups is 1. The van der Waals surface area contributed by atoms with Crippen molar-refractivity contribution >= 4 is 46.9 Å². The van der Waals surface area contributed by atoms with Crippen molar-refractivity contribution < 1.29 is 19.1 Å². The van der Waals surface area contributed by atoms with Crippen LogP contribution in [0, 0.1) is 11.3 Å². The number of methoxy groups -OCH3 is 1. The topological polar surface area (TPSA) is 146 Å². The van der Waals surface area contributed by atoms with Crippen molar-refractivity contribution in [2.75, 3.05) is 25.5 Å². The van der Waals surface area contributed by atoms with Crippen molar-refractivity contribution in [1.29, 1.82) is 5.26 Å². The molecule has 0 bridgehead atoms. The lowest BCUT2D eigenvalue weighted by molar-refractivity contribution is -0.143. The fourth-order valence-corrected chi connectivity index (χ4v) is 5.17. The lowest BCUT2D eigenvalue weighted by Crippen LogP contribution is -2.54. The molecular formula is C28H26Cl2N6O5. The van der Waals surface area contributed by atoms with Gasteiger partial charge in [-0.2, -0.15) is 10.2 Å². The molecule has 0 unspecified atom stereocenters. The molecule has 0 spiro atoms. The summed E-state index contributed by atoms with van der Waals surface area (Å²) < 4.78 is 5.94. The first-order valence-electron chi connectivity index (χ1n) is 12.6. The number of ether oxygens (including phenoxy) is 1. The number of nitrogens with zero attached hydrogens (tertiary/aromatic N) is 4. The van der Waals surface area contributed by atoms with E-state index in [1.165, 1.54) is 36.4 Å². The maximum atomic E-state index is 13.1. The van der Waals surface area contributed by atoms with Gasteiger partial charge in [-0.1, -0.05) is 59.6 Å². The lowest BCUT2D eigenvalue weighted by Gasteiger charge is -2.38.